The molecule has 0 fully saturated rings. The van der Waals surface area contributed by atoms with E-state index >= 15 is 0 Å². The highest BCUT2D eigenvalue weighted by Gasteiger charge is 2.19. The Labute approximate surface area is 165 Å². The number of aromatic nitrogens is 1. The maximum atomic E-state index is 6.27. The van der Waals surface area contributed by atoms with Crippen molar-refractivity contribution >= 4 is 54.9 Å². The fourth-order valence-corrected chi connectivity index (χ4v) is 4.54. The Bertz CT molecular complexity index is 1710. The standard InChI is InChI=1S/C26H15NO2/c1-4-10-21-18(8-1)26-25(19-9-3-6-12-23(19)29-26)27(21)16-13-14-24-20(15-16)17-7-2-5-11-22(17)28-24/h1-15H. The molecule has 0 aliphatic heterocycles. The van der Waals surface area contributed by atoms with Gasteiger partial charge in [0.15, 0.2) is 5.58 Å². The number of fused-ring (bicyclic) bond motifs is 8. The van der Waals surface area contributed by atoms with Gasteiger partial charge in [-0.2, -0.15) is 0 Å². The van der Waals surface area contributed by atoms with Gasteiger partial charge in [-0.25, -0.2) is 0 Å². The predicted molar refractivity (Wildman–Crippen MR) is 118 cm³/mol. The zero-order chi connectivity index (χ0) is 18.9. The number of benzene rings is 4. The SMILES string of the molecule is c1ccc2c(c1)oc1ccc(-n3c4ccccc4c4oc5ccccc5c43)cc12. The van der Waals surface area contributed by atoms with Crippen LogP contribution in [0.1, 0.15) is 0 Å². The van der Waals surface area contributed by atoms with Gasteiger partial charge < -0.3 is 13.4 Å². The molecule has 0 N–H and O–H groups in total. The minimum Gasteiger partial charge on any atom is -0.456 e. The van der Waals surface area contributed by atoms with Gasteiger partial charge in [0.2, 0.25) is 0 Å². The first-order chi connectivity index (χ1) is 14.4. The summed E-state index contributed by atoms with van der Waals surface area (Å²) in [5.74, 6) is 0. The van der Waals surface area contributed by atoms with Gasteiger partial charge in [0, 0.05) is 27.2 Å². The molecule has 0 spiro atoms. The van der Waals surface area contributed by atoms with Crippen LogP contribution in [0.15, 0.2) is 99.8 Å². The maximum absolute atomic E-state index is 6.27. The van der Waals surface area contributed by atoms with E-state index < -0.39 is 0 Å². The second kappa shape index (κ2) is 5.30. The topological polar surface area (TPSA) is 31.2 Å². The molecule has 0 saturated carbocycles. The van der Waals surface area contributed by atoms with Crippen molar-refractivity contribution < 1.29 is 8.83 Å². The Morgan fingerprint density at radius 1 is 0.517 bits per heavy atom. The lowest BCUT2D eigenvalue weighted by Crippen LogP contribution is -1.93. The Balaban J connectivity index is 1.67. The van der Waals surface area contributed by atoms with E-state index in [9.17, 15) is 0 Å². The van der Waals surface area contributed by atoms with E-state index in [1.807, 2.05) is 24.3 Å². The molecular formula is C26H15NO2. The minimum atomic E-state index is 0.903. The highest BCUT2D eigenvalue weighted by molar-refractivity contribution is 6.16. The van der Waals surface area contributed by atoms with E-state index in [0.717, 1.165) is 60.6 Å². The number of furan rings is 2. The van der Waals surface area contributed by atoms with Crippen LogP contribution in [-0.2, 0) is 0 Å². The summed E-state index contributed by atoms with van der Waals surface area (Å²) in [5, 5.41) is 4.50. The molecule has 29 heavy (non-hydrogen) atoms. The van der Waals surface area contributed by atoms with E-state index in [-0.39, 0.29) is 0 Å². The van der Waals surface area contributed by atoms with Crippen LogP contribution in [0.3, 0.4) is 0 Å². The molecule has 0 aliphatic rings. The summed E-state index contributed by atoms with van der Waals surface area (Å²) in [4.78, 5) is 0. The molecule has 136 valence electrons. The van der Waals surface area contributed by atoms with Crippen molar-refractivity contribution in [2.24, 2.45) is 0 Å². The molecule has 3 aromatic heterocycles. The zero-order valence-electron chi connectivity index (χ0n) is 15.4. The first kappa shape index (κ1) is 15.0. The number of para-hydroxylation sites is 3. The minimum absolute atomic E-state index is 0.903. The Kier molecular flexibility index (Phi) is 2.74. The number of hydrogen-bond acceptors (Lipinski definition) is 2. The normalized spacial score (nSPS) is 12.1. The molecule has 0 unspecified atom stereocenters. The fourth-order valence-electron chi connectivity index (χ4n) is 4.54. The summed E-state index contributed by atoms with van der Waals surface area (Å²) < 4.78 is 14.6. The Morgan fingerprint density at radius 3 is 2.03 bits per heavy atom. The van der Waals surface area contributed by atoms with E-state index in [1.54, 1.807) is 0 Å². The van der Waals surface area contributed by atoms with Crippen LogP contribution >= 0.6 is 0 Å². The summed E-state index contributed by atoms with van der Waals surface area (Å²) in [7, 11) is 0. The van der Waals surface area contributed by atoms with Gasteiger partial charge in [0.05, 0.1) is 5.52 Å². The van der Waals surface area contributed by atoms with Crippen LogP contribution < -0.4 is 0 Å². The van der Waals surface area contributed by atoms with Crippen molar-refractivity contribution in [2.45, 2.75) is 0 Å². The molecule has 0 bridgehead atoms. The van der Waals surface area contributed by atoms with Gasteiger partial charge in [-0.15, -0.1) is 0 Å². The zero-order valence-corrected chi connectivity index (χ0v) is 15.4. The number of hydrogen-bond donors (Lipinski definition) is 0. The average molecular weight is 373 g/mol. The molecule has 7 aromatic rings. The largest absolute Gasteiger partial charge is 0.456 e. The third-order valence-electron chi connectivity index (χ3n) is 5.80. The second-order valence-corrected chi connectivity index (χ2v) is 7.41. The fraction of sp³-hybridized carbons (Fsp3) is 0. The first-order valence-electron chi connectivity index (χ1n) is 9.71. The third kappa shape index (κ3) is 1.91. The highest BCUT2D eigenvalue weighted by atomic mass is 16.3. The van der Waals surface area contributed by atoms with Crippen LogP contribution in [0.2, 0.25) is 0 Å². The average Bonchev–Trinajstić information content (AvgIpc) is 3.42. The van der Waals surface area contributed by atoms with Gasteiger partial charge in [-0.05, 0) is 48.5 Å². The van der Waals surface area contributed by atoms with E-state index in [2.05, 4.69) is 71.3 Å². The van der Waals surface area contributed by atoms with Gasteiger partial charge in [-0.1, -0.05) is 42.5 Å². The first-order valence-corrected chi connectivity index (χ1v) is 9.71. The van der Waals surface area contributed by atoms with Crippen molar-refractivity contribution in [3.8, 4) is 5.69 Å². The molecule has 0 amide bonds. The molecule has 4 aromatic carbocycles. The molecule has 0 saturated heterocycles. The molecule has 3 nitrogen and oxygen atoms in total. The molecule has 7 rings (SSSR count). The quantitative estimate of drug-likeness (QED) is 0.300. The van der Waals surface area contributed by atoms with Gasteiger partial charge >= 0.3 is 0 Å². The molecular weight excluding hydrogens is 358 g/mol. The summed E-state index contributed by atoms with van der Waals surface area (Å²) in [6.07, 6.45) is 0. The van der Waals surface area contributed by atoms with Gasteiger partial charge in [-0.3, -0.25) is 0 Å². The lowest BCUT2D eigenvalue weighted by molar-refractivity contribution is 0.669. The van der Waals surface area contributed by atoms with E-state index in [0.29, 0.717) is 0 Å². The van der Waals surface area contributed by atoms with Crippen molar-refractivity contribution in [3.63, 3.8) is 0 Å². The van der Waals surface area contributed by atoms with Crippen LogP contribution in [0.4, 0.5) is 0 Å². The van der Waals surface area contributed by atoms with Crippen LogP contribution in [0, 0.1) is 0 Å². The Hall–Kier alpha value is -3.98. The smallest absolute Gasteiger partial charge is 0.161 e. The highest BCUT2D eigenvalue weighted by Crippen LogP contribution is 2.39. The Morgan fingerprint density at radius 2 is 1.17 bits per heavy atom. The summed E-state index contributed by atoms with van der Waals surface area (Å²) >= 11 is 0. The van der Waals surface area contributed by atoms with Gasteiger partial charge in [0.25, 0.3) is 0 Å². The van der Waals surface area contributed by atoms with E-state index in [4.69, 9.17) is 8.83 Å². The molecule has 0 radical (unpaired) electrons. The monoisotopic (exact) mass is 373 g/mol. The van der Waals surface area contributed by atoms with Gasteiger partial charge in [0.1, 0.15) is 22.3 Å². The molecule has 0 atom stereocenters. The van der Waals surface area contributed by atoms with Crippen molar-refractivity contribution in [3.05, 3.63) is 91.0 Å². The summed E-state index contributed by atoms with van der Waals surface area (Å²) in [6, 6.07) is 31.2. The maximum Gasteiger partial charge on any atom is 0.161 e. The summed E-state index contributed by atoms with van der Waals surface area (Å²) in [6.45, 7) is 0. The van der Waals surface area contributed by atoms with Crippen LogP contribution in [0.25, 0.3) is 60.6 Å². The third-order valence-corrected chi connectivity index (χ3v) is 5.80. The lowest BCUT2D eigenvalue weighted by atomic mass is 10.1. The predicted octanol–water partition coefficient (Wildman–Crippen LogP) is 7.43. The van der Waals surface area contributed by atoms with Crippen LogP contribution in [-0.4, -0.2) is 4.57 Å². The number of rotatable bonds is 1. The van der Waals surface area contributed by atoms with Crippen LogP contribution in [0.5, 0.6) is 0 Å². The second-order valence-electron chi connectivity index (χ2n) is 7.41. The molecule has 0 aliphatic carbocycles. The van der Waals surface area contributed by atoms with Crippen molar-refractivity contribution in [1.82, 2.24) is 4.57 Å². The number of nitrogens with zero attached hydrogens (tertiary/aromatic N) is 1. The van der Waals surface area contributed by atoms with Crippen molar-refractivity contribution in [2.75, 3.05) is 0 Å². The van der Waals surface area contributed by atoms with E-state index in [1.165, 1.54) is 0 Å². The summed E-state index contributed by atoms with van der Waals surface area (Å²) in [5.41, 5.74) is 7.00. The van der Waals surface area contributed by atoms with Crippen molar-refractivity contribution in [1.29, 1.82) is 0 Å². The lowest BCUT2D eigenvalue weighted by Gasteiger charge is -2.07. The molecule has 3 heteroatoms. The molecule has 3 heterocycles.